The van der Waals surface area contributed by atoms with Crippen LogP contribution in [-0.2, 0) is 10.3 Å². The van der Waals surface area contributed by atoms with Gasteiger partial charge in [-0.25, -0.2) is 0 Å². The lowest BCUT2D eigenvalue weighted by atomic mass is 9.50. The van der Waals surface area contributed by atoms with Crippen molar-refractivity contribution in [2.75, 3.05) is 0 Å². The van der Waals surface area contributed by atoms with Gasteiger partial charge < -0.3 is 4.43 Å². The normalized spacial score (nSPS) is 43.6. The highest BCUT2D eigenvalue weighted by Crippen LogP contribution is 2.70. The lowest BCUT2D eigenvalue weighted by Crippen LogP contribution is -2.51. The van der Waals surface area contributed by atoms with E-state index in [9.17, 15) is 0 Å². The zero-order chi connectivity index (χ0) is 25.5. The van der Waals surface area contributed by atoms with Crippen LogP contribution in [0, 0.1) is 52.3 Å². The third-order valence-electron chi connectivity index (χ3n) is 12.3. The third kappa shape index (κ3) is 3.97. The lowest BCUT2D eigenvalue weighted by Gasteiger charge is -2.56. The Morgan fingerprint density at radius 1 is 1.06 bits per heavy atom. The van der Waals surface area contributed by atoms with Crippen molar-refractivity contribution in [2.24, 2.45) is 40.9 Å². The molecule has 6 heteroatoms. The number of nitrogens with zero attached hydrogens (tertiary/aromatic N) is 3. The largest absolute Gasteiger partial charge is 0.411 e. The molecule has 198 valence electrons. The summed E-state index contributed by atoms with van der Waals surface area (Å²) in [7, 11) is -1.71. The summed E-state index contributed by atoms with van der Waals surface area (Å²) in [4.78, 5) is 0. The van der Waals surface area contributed by atoms with Crippen LogP contribution in [0.15, 0.2) is 12.4 Å². The van der Waals surface area contributed by atoms with Gasteiger partial charge in [-0.1, -0.05) is 27.7 Å². The number of nitriles is 1. The maximum absolute atomic E-state index is 9.12. The van der Waals surface area contributed by atoms with Crippen LogP contribution < -0.4 is 0 Å². The Labute approximate surface area is 224 Å². The molecule has 36 heavy (non-hydrogen) atoms. The van der Waals surface area contributed by atoms with Gasteiger partial charge in [0.1, 0.15) is 6.07 Å². The summed E-state index contributed by atoms with van der Waals surface area (Å²) in [6.07, 6.45) is 16.3. The van der Waals surface area contributed by atoms with Gasteiger partial charge in [0.2, 0.25) is 0 Å². The Morgan fingerprint density at radius 2 is 1.75 bits per heavy atom. The number of aromatic nitrogens is 2. The number of rotatable bonds is 5. The molecule has 5 fully saturated rings. The van der Waals surface area contributed by atoms with Crippen LogP contribution in [0.4, 0.5) is 0 Å². The van der Waals surface area contributed by atoms with Crippen molar-refractivity contribution in [3.63, 3.8) is 0 Å². The molecule has 2 unspecified atom stereocenters. The monoisotopic (exact) mass is 525 g/mol. The zero-order valence-electron chi connectivity index (χ0n) is 23.4. The quantitative estimate of drug-likeness (QED) is 0.367. The first-order chi connectivity index (χ1) is 17.0. The van der Waals surface area contributed by atoms with E-state index in [2.05, 4.69) is 63.7 Å². The summed E-state index contributed by atoms with van der Waals surface area (Å²) in [5.74, 6) is 6.49. The fourth-order valence-electron chi connectivity index (χ4n) is 9.37. The molecule has 0 amide bonds. The first-order valence-corrected chi connectivity index (χ1v) is 18.7. The fraction of sp³-hybridized carbons (Fsp3) is 0.867. The van der Waals surface area contributed by atoms with Crippen LogP contribution in [0.3, 0.4) is 0 Å². The van der Waals surface area contributed by atoms with Crippen molar-refractivity contribution in [1.82, 2.24) is 9.78 Å². The van der Waals surface area contributed by atoms with E-state index in [1.807, 2.05) is 10.9 Å². The highest BCUT2D eigenvalue weighted by atomic mass is 32.2. The molecule has 5 aliphatic carbocycles. The lowest BCUT2D eigenvalue weighted by molar-refractivity contribution is -0.0673. The maximum atomic E-state index is 9.12. The van der Waals surface area contributed by atoms with E-state index >= 15 is 0 Å². The molecular weight excluding hydrogens is 479 g/mol. The smallest absolute Gasteiger partial charge is 0.192 e. The molecule has 0 aliphatic heterocycles. The van der Waals surface area contributed by atoms with Crippen molar-refractivity contribution >= 4 is 20.1 Å². The van der Waals surface area contributed by atoms with Gasteiger partial charge in [0, 0.05) is 11.4 Å². The Hall–Kier alpha value is -0.773. The van der Waals surface area contributed by atoms with Gasteiger partial charge in [0.05, 0.1) is 23.2 Å². The molecule has 1 aromatic heterocycles. The van der Waals surface area contributed by atoms with E-state index < -0.39 is 8.32 Å². The second-order valence-electron chi connectivity index (χ2n) is 14.9. The second-order valence-corrected chi connectivity index (χ2v) is 20.8. The van der Waals surface area contributed by atoms with E-state index in [1.165, 1.54) is 57.8 Å². The van der Waals surface area contributed by atoms with E-state index in [-0.39, 0.29) is 5.60 Å². The van der Waals surface area contributed by atoms with E-state index in [0.29, 0.717) is 16.0 Å². The molecule has 0 saturated heterocycles. The number of hydrogen-bond acceptors (Lipinski definition) is 4. The molecule has 5 saturated carbocycles. The van der Waals surface area contributed by atoms with Gasteiger partial charge >= 0.3 is 0 Å². The van der Waals surface area contributed by atoms with Gasteiger partial charge in [-0.15, -0.1) is 11.8 Å². The Bertz CT molecular complexity index is 1040. The van der Waals surface area contributed by atoms with E-state index in [1.54, 1.807) is 6.20 Å². The minimum absolute atomic E-state index is 0.257. The molecule has 0 N–H and O–H groups in total. The number of thioether (sulfide) groups is 1. The summed E-state index contributed by atoms with van der Waals surface area (Å²) in [6, 6.07) is 2.21. The molecule has 1 aromatic rings. The van der Waals surface area contributed by atoms with Gasteiger partial charge in [-0.05, 0) is 117 Å². The molecular formula is C30H47N3OSSi. The van der Waals surface area contributed by atoms with Crippen LogP contribution >= 0.6 is 11.8 Å². The molecule has 1 heterocycles. The van der Waals surface area contributed by atoms with Crippen molar-refractivity contribution in [3.05, 3.63) is 18.0 Å². The predicted molar refractivity (Wildman–Crippen MR) is 150 cm³/mol. The zero-order valence-corrected chi connectivity index (χ0v) is 25.2. The van der Waals surface area contributed by atoms with Gasteiger partial charge in [-0.2, -0.15) is 10.4 Å². The average Bonchev–Trinajstić information content (AvgIpc) is 3.17. The third-order valence-corrected chi connectivity index (χ3v) is 18.4. The predicted octanol–water partition coefficient (Wildman–Crippen LogP) is 7.86. The summed E-state index contributed by atoms with van der Waals surface area (Å²) >= 11 is 2.10. The van der Waals surface area contributed by atoms with E-state index in [4.69, 9.17) is 9.69 Å². The van der Waals surface area contributed by atoms with E-state index in [0.717, 1.165) is 46.6 Å². The Balaban J connectivity index is 1.11. The minimum atomic E-state index is -1.71. The van der Waals surface area contributed by atoms with Crippen LogP contribution in [-0.4, -0.2) is 28.9 Å². The molecule has 9 atom stereocenters. The fourth-order valence-corrected chi connectivity index (χ4v) is 12.5. The molecule has 0 bridgehead atoms. The van der Waals surface area contributed by atoms with Gasteiger partial charge in [0.15, 0.2) is 8.32 Å². The molecule has 0 radical (unpaired) electrons. The number of hydrogen-bond donors (Lipinski definition) is 0. The summed E-state index contributed by atoms with van der Waals surface area (Å²) in [5.41, 5.74) is 1.41. The van der Waals surface area contributed by atoms with Crippen LogP contribution in [0.5, 0.6) is 0 Å². The first kappa shape index (κ1) is 25.5. The van der Waals surface area contributed by atoms with Crippen molar-refractivity contribution in [1.29, 1.82) is 5.26 Å². The topological polar surface area (TPSA) is 50.8 Å². The van der Waals surface area contributed by atoms with Gasteiger partial charge in [0.25, 0.3) is 0 Å². The standard InChI is InChI=1S/C30H47N3OSSi/c1-28(2,3)36(5,6)34-30-14-12-22-21-11-13-29(4)25(23(21)7-8-24(22)26(30)15-30)9-10-27(29)35-19-33-18-20(16-31)17-32-33/h17-18,21-27H,7-15,19H2,1-6H3/t21-,22-,23-,24+,25+,26?,27+,29+,30?/m1/s1. The van der Waals surface area contributed by atoms with Crippen molar-refractivity contribution in [2.45, 2.75) is 120 Å². The molecule has 5 aliphatic rings. The molecule has 4 nitrogen and oxygen atoms in total. The number of fused-ring (bicyclic) bond motifs is 7. The molecule has 0 aromatic carbocycles. The van der Waals surface area contributed by atoms with Gasteiger partial charge in [-0.3, -0.25) is 4.68 Å². The SMILES string of the molecule is CC(C)(C)[Si](C)(C)OC12CC[C@@H]3[C@H]4CC[C@]5(C)[C@@H](SCn6cc(C#N)cn6)CC[C@H]5[C@@H]4CC[C@@H]3C1C2. The molecule has 0 spiro atoms. The molecule has 6 rings (SSSR count). The average molecular weight is 526 g/mol. The maximum Gasteiger partial charge on any atom is 0.192 e. The van der Waals surface area contributed by atoms with Crippen LogP contribution in [0.25, 0.3) is 0 Å². The van der Waals surface area contributed by atoms with Crippen LogP contribution in [0.1, 0.15) is 91.0 Å². The van der Waals surface area contributed by atoms with Crippen molar-refractivity contribution in [3.8, 4) is 6.07 Å². The second kappa shape index (κ2) is 8.62. The summed E-state index contributed by atoms with van der Waals surface area (Å²) in [6.45, 7) is 14.8. The summed E-state index contributed by atoms with van der Waals surface area (Å²) < 4.78 is 9.14. The highest BCUT2D eigenvalue weighted by Gasteiger charge is 2.67. The summed E-state index contributed by atoms with van der Waals surface area (Å²) in [5, 5.41) is 14.6. The van der Waals surface area contributed by atoms with Crippen LogP contribution in [0.2, 0.25) is 18.1 Å². The van der Waals surface area contributed by atoms with Crippen molar-refractivity contribution < 1.29 is 4.43 Å². The minimum Gasteiger partial charge on any atom is -0.411 e. The Kier molecular flexibility index (Phi) is 6.10. The Morgan fingerprint density at radius 3 is 2.42 bits per heavy atom. The highest BCUT2D eigenvalue weighted by molar-refractivity contribution is 7.99. The first-order valence-electron chi connectivity index (χ1n) is 14.7.